The lowest BCUT2D eigenvalue weighted by Crippen LogP contribution is -2.22. The number of hydrogen-bond donors (Lipinski definition) is 1. The van der Waals surface area contributed by atoms with Crippen molar-refractivity contribution in [3.63, 3.8) is 0 Å². The van der Waals surface area contributed by atoms with Crippen LogP contribution in [0.5, 0.6) is 0 Å². The molecule has 0 saturated heterocycles. The Kier molecular flexibility index (Phi) is 3.10. The average molecular weight is 268 g/mol. The second-order valence-electron chi connectivity index (χ2n) is 4.39. The van der Waals surface area contributed by atoms with E-state index in [0.717, 1.165) is 31.2 Å². The summed E-state index contributed by atoms with van der Waals surface area (Å²) in [6.45, 7) is 9.73. The Morgan fingerprint density at radius 2 is 1.24 bits per heavy atom. The molecule has 0 aliphatic rings. The number of rotatable bonds is 2. The highest BCUT2D eigenvalue weighted by molar-refractivity contribution is 7.13. The molecule has 0 unspecified atom stereocenters. The van der Waals surface area contributed by atoms with Crippen molar-refractivity contribution in [3.05, 3.63) is 31.2 Å². The van der Waals surface area contributed by atoms with Gasteiger partial charge in [-0.3, -0.25) is 0 Å². The number of aliphatic hydroxyl groups is 1. The third-order valence-corrected chi connectivity index (χ3v) is 5.46. The van der Waals surface area contributed by atoms with Crippen molar-refractivity contribution in [2.24, 2.45) is 0 Å². The Balaban J connectivity index is 2.48. The predicted octanol–water partition coefficient (Wildman–Crippen LogP) is 3.09. The lowest BCUT2D eigenvalue weighted by atomic mass is 10.1. The van der Waals surface area contributed by atoms with Gasteiger partial charge >= 0.3 is 0 Å². The summed E-state index contributed by atoms with van der Waals surface area (Å²) in [7, 11) is 0. The number of hydrogen-bond acceptors (Lipinski definition) is 5. The van der Waals surface area contributed by atoms with Gasteiger partial charge in [-0.05, 0) is 34.6 Å². The Morgan fingerprint density at radius 3 is 1.47 bits per heavy atom. The molecule has 0 saturated carbocycles. The van der Waals surface area contributed by atoms with E-state index < -0.39 is 5.60 Å². The molecule has 0 bridgehead atoms. The molecule has 92 valence electrons. The number of aryl methyl sites for hydroxylation is 4. The van der Waals surface area contributed by atoms with E-state index in [-0.39, 0.29) is 0 Å². The van der Waals surface area contributed by atoms with Crippen LogP contribution in [0.1, 0.15) is 38.1 Å². The van der Waals surface area contributed by atoms with E-state index >= 15 is 0 Å². The minimum Gasteiger partial charge on any atom is -0.376 e. The van der Waals surface area contributed by atoms with E-state index in [4.69, 9.17) is 0 Å². The Hall–Kier alpha value is -0.780. The zero-order chi connectivity index (χ0) is 12.8. The first-order valence-electron chi connectivity index (χ1n) is 5.43. The molecule has 5 heteroatoms. The van der Waals surface area contributed by atoms with Crippen LogP contribution in [0.25, 0.3) is 0 Å². The molecule has 0 atom stereocenters. The van der Waals surface area contributed by atoms with Gasteiger partial charge in [0.1, 0.15) is 10.0 Å². The predicted molar refractivity (Wildman–Crippen MR) is 71.8 cm³/mol. The van der Waals surface area contributed by atoms with E-state index in [2.05, 4.69) is 9.97 Å². The van der Waals surface area contributed by atoms with Gasteiger partial charge in [-0.1, -0.05) is 0 Å². The Bertz CT molecular complexity index is 468. The van der Waals surface area contributed by atoms with E-state index in [1.54, 1.807) is 6.92 Å². The summed E-state index contributed by atoms with van der Waals surface area (Å²) in [6.07, 6.45) is 0. The van der Waals surface area contributed by atoms with Gasteiger partial charge in [0.25, 0.3) is 0 Å². The third-order valence-electron chi connectivity index (χ3n) is 2.89. The SMILES string of the molecule is Cc1nc(C(C)(O)c2nc(C)c(C)s2)sc1C. The second kappa shape index (κ2) is 4.15. The summed E-state index contributed by atoms with van der Waals surface area (Å²) in [5, 5.41) is 12.1. The smallest absolute Gasteiger partial charge is 0.164 e. The van der Waals surface area contributed by atoms with Crippen molar-refractivity contribution in [1.29, 1.82) is 0 Å². The fourth-order valence-electron chi connectivity index (χ4n) is 1.45. The summed E-state index contributed by atoms with van der Waals surface area (Å²) in [5.41, 5.74) is 0.887. The second-order valence-corrected chi connectivity index (χ2v) is 6.80. The first-order valence-corrected chi connectivity index (χ1v) is 7.07. The van der Waals surface area contributed by atoms with Crippen LogP contribution >= 0.6 is 22.7 Å². The number of thiazole rings is 2. The molecule has 0 aliphatic heterocycles. The lowest BCUT2D eigenvalue weighted by Gasteiger charge is -2.17. The molecule has 0 spiro atoms. The van der Waals surface area contributed by atoms with Gasteiger partial charge in [-0.15, -0.1) is 22.7 Å². The molecular formula is C12H16N2OS2. The van der Waals surface area contributed by atoms with Gasteiger partial charge in [-0.25, -0.2) is 9.97 Å². The highest BCUT2D eigenvalue weighted by Crippen LogP contribution is 2.36. The van der Waals surface area contributed by atoms with Crippen LogP contribution in [-0.4, -0.2) is 15.1 Å². The molecule has 2 rings (SSSR count). The zero-order valence-electron chi connectivity index (χ0n) is 10.7. The Morgan fingerprint density at radius 1 is 0.882 bits per heavy atom. The van der Waals surface area contributed by atoms with Gasteiger partial charge in [0.05, 0.1) is 11.4 Å². The van der Waals surface area contributed by atoms with Crippen LogP contribution in [0.4, 0.5) is 0 Å². The van der Waals surface area contributed by atoms with Crippen molar-refractivity contribution in [2.45, 2.75) is 40.2 Å². The fraction of sp³-hybridized carbons (Fsp3) is 0.500. The molecule has 3 nitrogen and oxygen atoms in total. The lowest BCUT2D eigenvalue weighted by molar-refractivity contribution is 0.101. The minimum atomic E-state index is -1.08. The summed E-state index contributed by atoms with van der Waals surface area (Å²) in [6, 6.07) is 0. The van der Waals surface area contributed by atoms with Crippen molar-refractivity contribution in [1.82, 2.24) is 9.97 Å². The highest BCUT2D eigenvalue weighted by atomic mass is 32.1. The van der Waals surface area contributed by atoms with Gasteiger partial charge < -0.3 is 5.11 Å². The minimum absolute atomic E-state index is 0.723. The average Bonchev–Trinajstić information content (AvgIpc) is 2.74. The summed E-state index contributed by atoms with van der Waals surface area (Å²) in [5.74, 6) is 0. The zero-order valence-corrected chi connectivity index (χ0v) is 12.3. The monoisotopic (exact) mass is 268 g/mol. The molecule has 0 aliphatic carbocycles. The summed E-state index contributed by atoms with van der Waals surface area (Å²) in [4.78, 5) is 11.2. The van der Waals surface area contributed by atoms with Gasteiger partial charge in [0.2, 0.25) is 0 Å². The molecule has 0 aromatic carbocycles. The third kappa shape index (κ3) is 2.14. The van der Waals surface area contributed by atoms with E-state index in [9.17, 15) is 5.11 Å². The molecule has 1 N–H and O–H groups in total. The molecule has 2 heterocycles. The summed E-state index contributed by atoms with van der Waals surface area (Å²) >= 11 is 3.07. The summed E-state index contributed by atoms with van der Waals surface area (Å²) < 4.78 is 0. The van der Waals surface area contributed by atoms with Gasteiger partial charge in [-0.2, -0.15) is 0 Å². The maximum Gasteiger partial charge on any atom is 0.164 e. The largest absolute Gasteiger partial charge is 0.376 e. The molecule has 2 aromatic heterocycles. The Labute approximate surface area is 109 Å². The maximum atomic E-state index is 10.6. The molecule has 17 heavy (non-hydrogen) atoms. The number of aromatic nitrogens is 2. The van der Waals surface area contributed by atoms with E-state index in [1.165, 1.54) is 22.7 Å². The maximum absolute atomic E-state index is 10.6. The molecule has 2 aromatic rings. The molecule has 0 fully saturated rings. The van der Waals surface area contributed by atoms with E-state index in [0.29, 0.717) is 0 Å². The van der Waals surface area contributed by atoms with Crippen LogP contribution in [-0.2, 0) is 5.60 Å². The number of nitrogens with zero attached hydrogens (tertiary/aromatic N) is 2. The standard InChI is InChI=1S/C12H16N2OS2/c1-6-8(3)16-10(13-6)12(5,15)11-14-7(2)9(4)17-11/h15H,1-5H3. The molecular weight excluding hydrogens is 252 g/mol. The van der Waals surface area contributed by atoms with Crippen LogP contribution in [0, 0.1) is 27.7 Å². The van der Waals surface area contributed by atoms with Crippen molar-refractivity contribution >= 4 is 22.7 Å². The first kappa shape index (κ1) is 12.7. The van der Waals surface area contributed by atoms with Crippen molar-refractivity contribution in [3.8, 4) is 0 Å². The van der Waals surface area contributed by atoms with Crippen LogP contribution < -0.4 is 0 Å². The fourth-order valence-corrected chi connectivity index (χ4v) is 3.44. The van der Waals surface area contributed by atoms with E-state index in [1.807, 2.05) is 27.7 Å². The van der Waals surface area contributed by atoms with Crippen molar-refractivity contribution < 1.29 is 5.11 Å². The quantitative estimate of drug-likeness (QED) is 0.910. The van der Waals surface area contributed by atoms with Gasteiger partial charge in [0, 0.05) is 9.75 Å². The van der Waals surface area contributed by atoms with Crippen LogP contribution in [0.3, 0.4) is 0 Å². The van der Waals surface area contributed by atoms with Crippen molar-refractivity contribution in [2.75, 3.05) is 0 Å². The van der Waals surface area contributed by atoms with Gasteiger partial charge in [0.15, 0.2) is 5.60 Å². The normalized spacial score (nSPS) is 12.1. The molecule has 0 amide bonds. The van der Waals surface area contributed by atoms with Crippen LogP contribution in [0.15, 0.2) is 0 Å². The first-order chi connectivity index (χ1) is 7.82. The molecule has 0 radical (unpaired) electrons. The van der Waals surface area contributed by atoms with Crippen LogP contribution in [0.2, 0.25) is 0 Å². The topological polar surface area (TPSA) is 46.0 Å². The highest BCUT2D eigenvalue weighted by Gasteiger charge is 2.33.